The number of piperazine rings is 1. The number of carbonyl (C=O) groups is 2. The van der Waals surface area contributed by atoms with Gasteiger partial charge in [-0.2, -0.15) is 13.2 Å². The lowest BCUT2D eigenvalue weighted by atomic mass is 9.90. The predicted octanol–water partition coefficient (Wildman–Crippen LogP) is 4.81. The van der Waals surface area contributed by atoms with E-state index in [1.54, 1.807) is 41.6 Å². The summed E-state index contributed by atoms with van der Waals surface area (Å²) in [6.07, 6.45) is 0.446. The van der Waals surface area contributed by atoms with Crippen molar-refractivity contribution in [1.29, 1.82) is 0 Å². The first kappa shape index (κ1) is 41.8. The second-order valence-corrected chi connectivity index (χ2v) is 15.4. The molecule has 6 rings (SSSR count). The van der Waals surface area contributed by atoms with E-state index < -0.39 is 54.4 Å². The number of aromatic nitrogens is 2. The van der Waals surface area contributed by atoms with Crippen molar-refractivity contribution in [3.05, 3.63) is 102 Å². The molecule has 2 aromatic heterocycles. The Morgan fingerprint density at radius 1 is 1.02 bits per heavy atom. The highest BCUT2D eigenvalue weighted by Gasteiger charge is 2.43. The van der Waals surface area contributed by atoms with Crippen molar-refractivity contribution >= 4 is 11.8 Å². The van der Waals surface area contributed by atoms with E-state index >= 15 is 0 Å². The van der Waals surface area contributed by atoms with Crippen molar-refractivity contribution in [3.63, 3.8) is 0 Å². The normalized spacial score (nSPS) is 20.2. The van der Waals surface area contributed by atoms with E-state index in [1.807, 2.05) is 66.7 Å². The lowest BCUT2D eigenvalue weighted by Crippen LogP contribution is -2.63. The first-order valence-electron chi connectivity index (χ1n) is 19.4. The van der Waals surface area contributed by atoms with Gasteiger partial charge in [-0.25, -0.2) is 4.98 Å². The largest absolute Gasteiger partial charge is 0.490 e. The van der Waals surface area contributed by atoms with Crippen molar-refractivity contribution in [1.82, 2.24) is 30.4 Å². The highest BCUT2D eigenvalue weighted by Crippen LogP contribution is 2.34. The lowest BCUT2D eigenvalue weighted by Gasteiger charge is -2.46. The molecule has 4 aromatic rings. The number of nitrogens with one attached hydrogen (secondary N) is 2. The summed E-state index contributed by atoms with van der Waals surface area (Å²) >= 11 is 0. The zero-order chi connectivity index (χ0) is 40.7. The summed E-state index contributed by atoms with van der Waals surface area (Å²) in [6.45, 7) is 4.88. The molecule has 0 bridgehead atoms. The highest BCUT2D eigenvalue weighted by molar-refractivity contribution is 5.82. The number of halogens is 3. The Bertz CT molecular complexity index is 1960. The van der Waals surface area contributed by atoms with Gasteiger partial charge in [0.2, 0.25) is 17.7 Å². The third kappa shape index (κ3) is 10.6. The smallest absolute Gasteiger partial charge is 0.405 e. The molecule has 1 saturated heterocycles. The zero-order valence-electron chi connectivity index (χ0n) is 32.4. The number of carbonyl (C=O) groups excluding carboxylic acids is 2. The van der Waals surface area contributed by atoms with Gasteiger partial charge in [0.15, 0.2) is 5.76 Å². The van der Waals surface area contributed by atoms with E-state index in [9.17, 15) is 33.0 Å². The van der Waals surface area contributed by atoms with Crippen LogP contribution < -0.4 is 15.4 Å². The number of para-hydroxylation sites is 1. The first-order chi connectivity index (χ1) is 27.2. The van der Waals surface area contributed by atoms with Crippen LogP contribution in [0.25, 0.3) is 11.3 Å². The number of hydrogen-bond acceptors (Lipinski definition) is 10. The number of amides is 2. The molecule has 0 saturated carbocycles. The molecule has 0 aliphatic carbocycles. The van der Waals surface area contributed by atoms with Gasteiger partial charge in [0, 0.05) is 55.6 Å². The van der Waals surface area contributed by atoms with Gasteiger partial charge in [0.05, 0.1) is 23.9 Å². The lowest BCUT2D eigenvalue weighted by molar-refractivity contribution is -0.144. The Hall–Kier alpha value is -4.83. The standard InChI is InChI=1S/C42H51F3N6O6/c1-4-10-28-18-30(21-46-20-28)36-22-47-40(57-36)41(2,3)51-16-15-50(33(24-51)39(55)48-26-42(43,44)45)23-31(52)19-29(17-27-11-6-5-7-12-27)38(54)49-37-32-13-8-9-14-35(32)56-25-34(37)53/h5-9,11-14,18,20-22,29,31,33-34,37,52-53H,4,10,15-17,19,23-26H2,1-3H3,(H,48,55)(H,49,54)/t29-,31+,33+,34-,37+/m1/s1. The molecule has 4 heterocycles. The molecule has 2 aliphatic heterocycles. The number of ether oxygens (including phenoxy) is 1. The molecule has 5 atom stereocenters. The van der Waals surface area contributed by atoms with Crippen molar-refractivity contribution in [2.45, 2.75) is 82.5 Å². The summed E-state index contributed by atoms with van der Waals surface area (Å²) in [7, 11) is 0. The van der Waals surface area contributed by atoms with Gasteiger partial charge in [-0.3, -0.25) is 24.4 Å². The van der Waals surface area contributed by atoms with Gasteiger partial charge in [0.1, 0.15) is 31.0 Å². The van der Waals surface area contributed by atoms with Crippen LogP contribution in [-0.4, -0.2) is 106 Å². The van der Waals surface area contributed by atoms with Gasteiger partial charge in [-0.05, 0) is 56.4 Å². The average molecular weight is 793 g/mol. The maximum absolute atomic E-state index is 14.0. The number of alkyl halides is 3. The molecule has 0 radical (unpaired) electrons. The fraction of sp³-hybridized carbons (Fsp3) is 0.476. The molecule has 2 aliphatic rings. The number of oxazole rings is 1. The van der Waals surface area contributed by atoms with Crippen LogP contribution in [0.5, 0.6) is 5.75 Å². The number of benzene rings is 2. The fourth-order valence-electron chi connectivity index (χ4n) is 7.62. The van der Waals surface area contributed by atoms with Gasteiger partial charge in [-0.1, -0.05) is 61.9 Å². The van der Waals surface area contributed by atoms with Crippen LogP contribution in [0, 0.1) is 5.92 Å². The molecule has 57 heavy (non-hydrogen) atoms. The molecular weight excluding hydrogens is 741 g/mol. The minimum absolute atomic E-state index is 0.00392. The number of pyridine rings is 1. The van der Waals surface area contributed by atoms with E-state index in [1.165, 1.54) is 0 Å². The number of β-amino-alcohol motifs (C(OH)–C–C–N with tert-alkyl or cyclic N) is 1. The Labute approximate surface area is 330 Å². The van der Waals surface area contributed by atoms with Crippen molar-refractivity contribution in [2.24, 2.45) is 5.92 Å². The molecule has 1 fully saturated rings. The van der Waals surface area contributed by atoms with E-state index in [0.717, 1.165) is 29.5 Å². The monoisotopic (exact) mass is 792 g/mol. The molecule has 306 valence electrons. The zero-order valence-corrected chi connectivity index (χ0v) is 32.4. The van der Waals surface area contributed by atoms with Crippen molar-refractivity contribution in [2.75, 3.05) is 39.3 Å². The van der Waals surface area contributed by atoms with Crippen LogP contribution in [-0.2, 0) is 28.0 Å². The predicted molar refractivity (Wildman–Crippen MR) is 206 cm³/mol. The summed E-state index contributed by atoms with van der Waals surface area (Å²) in [4.78, 5) is 40.0. The van der Waals surface area contributed by atoms with Gasteiger partial charge >= 0.3 is 6.18 Å². The minimum atomic E-state index is -4.62. The summed E-state index contributed by atoms with van der Waals surface area (Å²) < 4.78 is 51.8. The van der Waals surface area contributed by atoms with Crippen LogP contribution in [0.3, 0.4) is 0 Å². The second-order valence-electron chi connectivity index (χ2n) is 15.4. The minimum Gasteiger partial charge on any atom is -0.490 e. The third-order valence-electron chi connectivity index (χ3n) is 10.7. The molecule has 2 amide bonds. The number of hydrogen-bond donors (Lipinski definition) is 4. The third-order valence-corrected chi connectivity index (χ3v) is 10.7. The van der Waals surface area contributed by atoms with E-state index in [2.05, 4.69) is 22.2 Å². The number of aryl methyl sites for hydroxylation is 1. The number of aliphatic hydroxyl groups excluding tert-OH is 2. The molecule has 2 aromatic carbocycles. The van der Waals surface area contributed by atoms with Crippen LogP contribution in [0.4, 0.5) is 13.2 Å². The number of nitrogens with zero attached hydrogens (tertiary/aromatic N) is 4. The topological polar surface area (TPSA) is 153 Å². The van der Waals surface area contributed by atoms with E-state index in [0.29, 0.717) is 29.5 Å². The van der Waals surface area contributed by atoms with Crippen LogP contribution in [0.1, 0.15) is 62.2 Å². The summed E-state index contributed by atoms with van der Waals surface area (Å²) in [5, 5.41) is 27.4. The molecule has 0 unspecified atom stereocenters. The van der Waals surface area contributed by atoms with Crippen LogP contribution >= 0.6 is 0 Å². The van der Waals surface area contributed by atoms with Crippen LogP contribution in [0.15, 0.2) is 83.7 Å². The summed E-state index contributed by atoms with van der Waals surface area (Å²) in [6, 6.07) is 16.6. The Balaban J connectivity index is 1.18. The summed E-state index contributed by atoms with van der Waals surface area (Å²) in [5.74, 6) is -0.523. The average Bonchev–Trinajstić information content (AvgIpc) is 3.70. The van der Waals surface area contributed by atoms with E-state index in [4.69, 9.17) is 9.15 Å². The maximum atomic E-state index is 14.0. The Morgan fingerprint density at radius 3 is 2.53 bits per heavy atom. The van der Waals surface area contributed by atoms with E-state index in [-0.39, 0.29) is 45.0 Å². The number of rotatable bonds is 15. The Morgan fingerprint density at radius 2 is 1.77 bits per heavy atom. The molecule has 12 nitrogen and oxygen atoms in total. The molecular formula is C42H51F3N6O6. The molecule has 0 spiro atoms. The number of aliphatic hydroxyl groups is 2. The van der Waals surface area contributed by atoms with Gasteiger partial charge in [0.25, 0.3) is 0 Å². The first-order valence-corrected chi connectivity index (χ1v) is 19.4. The van der Waals surface area contributed by atoms with Gasteiger partial charge < -0.3 is 30.0 Å². The van der Waals surface area contributed by atoms with Crippen LogP contribution in [0.2, 0.25) is 0 Å². The summed E-state index contributed by atoms with van der Waals surface area (Å²) in [5.41, 5.74) is 2.46. The molecule has 15 heteroatoms. The maximum Gasteiger partial charge on any atom is 0.405 e. The highest BCUT2D eigenvalue weighted by atomic mass is 19.4. The fourth-order valence-corrected chi connectivity index (χ4v) is 7.62. The quantitative estimate of drug-likeness (QED) is 0.132. The van der Waals surface area contributed by atoms with Gasteiger partial charge in [-0.15, -0.1) is 0 Å². The number of fused-ring (bicyclic) bond motifs is 1. The SMILES string of the molecule is CCCc1cncc(-c2cnc(C(C)(C)N3CCN(C[C@@H](O)C[C@@H](Cc4ccccc4)C(=O)N[C@H]4c5ccccc5OC[C@H]4O)[C@H](C(=O)NCC(F)(F)F)C3)o2)c1. The van der Waals surface area contributed by atoms with Crippen molar-refractivity contribution < 1.29 is 42.1 Å². The Kier molecular flexibility index (Phi) is 13.3. The second kappa shape index (κ2) is 18.2. The van der Waals surface area contributed by atoms with Crippen molar-refractivity contribution in [3.8, 4) is 17.1 Å². The molecule has 4 N–H and O–H groups in total.